The van der Waals surface area contributed by atoms with Crippen LogP contribution >= 0.6 is 0 Å². The van der Waals surface area contributed by atoms with Gasteiger partial charge >= 0.3 is 0 Å². The van der Waals surface area contributed by atoms with E-state index < -0.39 is 0 Å². The van der Waals surface area contributed by atoms with Gasteiger partial charge in [0.25, 0.3) is 0 Å². The third-order valence-corrected chi connectivity index (χ3v) is 11.9. The van der Waals surface area contributed by atoms with Gasteiger partial charge in [-0.3, -0.25) is 9.59 Å². The average molecular weight is 991 g/mol. The molecule has 18 nitrogen and oxygen atoms in total. The van der Waals surface area contributed by atoms with Crippen molar-refractivity contribution in [2.45, 2.75) is 7.43 Å². The van der Waals surface area contributed by atoms with Crippen LogP contribution in [0, 0.1) is 11.6 Å². The quantitative estimate of drug-likeness (QED) is 0.0563. The SMILES string of the molecule is C.C=CC(=O)Nc1cccc(Oc2nc(Nc3ccc(N4CCN(C)CC4)c(F)c3)nc3[nH]ccc23)c1.C=CC(=O)Nc1cccc(Oc2nc(Nc3ccc(N4CCN(C)CC4)c(F)c3)nc3[nH]ccc23)c1. The Balaban J connectivity index is 0.000000192. The zero-order valence-electron chi connectivity index (χ0n) is 39.6. The zero-order chi connectivity index (χ0) is 50.1. The summed E-state index contributed by atoms with van der Waals surface area (Å²) in [6, 6.07) is 27.6. The molecule has 6 heterocycles. The molecule has 0 bridgehead atoms. The van der Waals surface area contributed by atoms with Crippen LogP contribution in [-0.4, -0.2) is 118 Å². The zero-order valence-corrected chi connectivity index (χ0v) is 39.6. The van der Waals surface area contributed by atoms with Crippen LogP contribution in [-0.2, 0) is 9.59 Å². The first-order chi connectivity index (χ1) is 35.0. The Labute approximate surface area is 420 Å². The normalized spacial score (nSPS) is 13.8. The summed E-state index contributed by atoms with van der Waals surface area (Å²) in [7, 11) is 4.13. The van der Waals surface area contributed by atoms with Crippen molar-refractivity contribution in [1.29, 1.82) is 0 Å². The second kappa shape index (κ2) is 22.9. The number of piperazine rings is 2. The van der Waals surface area contributed by atoms with E-state index in [4.69, 9.17) is 9.47 Å². The summed E-state index contributed by atoms with van der Waals surface area (Å²) < 4.78 is 42.0. The van der Waals surface area contributed by atoms with Crippen LogP contribution in [0.3, 0.4) is 0 Å². The minimum Gasteiger partial charge on any atom is -0.438 e. The number of halogens is 2. The lowest BCUT2D eigenvalue weighted by Gasteiger charge is -2.34. The number of hydrogen-bond acceptors (Lipinski definition) is 14. The molecule has 6 N–H and O–H groups in total. The summed E-state index contributed by atoms with van der Waals surface area (Å²) in [6.07, 6.45) is 5.86. The van der Waals surface area contributed by atoms with E-state index in [0.717, 1.165) is 52.4 Å². The molecule has 0 unspecified atom stereocenters. The largest absolute Gasteiger partial charge is 0.438 e. The first-order valence-electron chi connectivity index (χ1n) is 23.1. The Morgan fingerprint density at radius 1 is 0.562 bits per heavy atom. The van der Waals surface area contributed by atoms with Crippen LogP contribution < -0.4 is 40.5 Å². The predicted octanol–water partition coefficient (Wildman–Crippen LogP) is 9.65. The van der Waals surface area contributed by atoms with Crippen molar-refractivity contribution in [3.8, 4) is 23.3 Å². The first kappa shape index (κ1) is 50.5. The van der Waals surface area contributed by atoms with Gasteiger partial charge in [-0.2, -0.15) is 19.9 Å². The molecule has 376 valence electrons. The van der Waals surface area contributed by atoms with Crippen molar-refractivity contribution in [2.75, 3.05) is 97.5 Å². The lowest BCUT2D eigenvalue weighted by Crippen LogP contribution is -2.44. The molecule has 0 aliphatic carbocycles. The summed E-state index contributed by atoms with van der Waals surface area (Å²) in [5.74, 6) is 0.833. The molecule has 0 atom stereocenters. The molecule has 2 fully saturated rings. The second-order valence-corrected chi connectivity index (χ2v) is 17.0. The average Bonchev–Trinajstić information content (AvgIpc) is 4.06. The minimum absolute atomic E-state index is 0. The van der Waals surface area contributed by atoms with E-state index in [-0.39, 0.29) is 42.8 Å². The summed E-state index contributed by atoms with van der Waals surface area (Å²) >= 11 is 0. The van der Waals surface area contributed by atoms with Gasteiger partial charge in [-0.15, -0.1) is 0 Å². The number of nitrogens with zero attached hydrogens (tertiary/aromatic N) is 8. The number of carbonyl (C=O) groups excluding carboxylic acids is 2. The molecule has 20 heteroatoms. The van der Waals surface area contributed by atoms with Gasteiger partial charge < -0.3 is 60.3 Å². The highest BCUT2D eigenvalue weighted by Gasteiger charge is 2.21. The van der Waals surface area contributed by atoms with Crippen molar-refractivity contribution >= 4 is 79.9 Å². The fourth-order valence-corrected chi connectivity index (χ4v) is 8.01. The van der Waals surface area contributed by atoms with Crippen molar-refractivity contribution < 1.29 is 27.8 Å². The number of fused-ring (bicyclic) bond motifs is 2. The second-order valence-electron chi connectivity index (χ2n) is 17.0. The highest BCUT2D eigenvalue weighted by Crippen LogP contribution is 2.34. The number of carbonyl (C=O) groups is 2. The maximum absolute atomic E-state index is 15.0. The Kier molecular flexibility index (Phi) is 15.8. The molecule has 8 aromatic rings. The molecule has 2 amide bonds. The predicted molar refractivity (Wildman–Crippen MR) is 284 cm³/mol. The van der Waals surface area contributed by atoms with E-state index in [1.807, 2.05) is 24.3 Å². The molecule has 2 aliphatic rings. The van der Waals surface area contributed by atoms with Crippen LogP contribution in [0.1, 0.15) is 7.43 Å². The van der Waals surface area contributed by atoms with Gasteiger partial charge in [-0.1, -0.05) is 32.7 Å². The van der Waals surface area contributed by atoms with E-state index in [1.54, 1.807) is 73.1 Å². The minimum atomic E-state index is -0.320. The summed E-state index contributed by atoms with van der Waals surface area (Å²) in [5, 5.41) is 12.9. The molecule has 10 rings (SSSR count). The topological polar surface area (TPSA) is 197 Å². The van der Waals surface area contributed by atoms with Crippen LogP contribution in [0.2, 0.25) is 0 Å². The van der Waals surface area contributed by atoms with Crippen molar-refractivity contribution in [3.05, 3.63) is 146 Å². The van der Waals surface area contributed by atoms with Crippen LogP contribution in [0.4, 0.5) is 54.8 Å². The maximum atomic E-state index is 15.0. The number of hydrogen-bond donors (Lipinski definition) is 6. The monoisotopic (exact) mass is 990 g/mol. The van der Waals surface area contributed by atoms with E-state index >= 15 is 0 Å². The number of rotatable bonds is 14. The smallest absolute Gasteiger partial charge is 0.247 e. The number of aromatic amines is 2. The molecule has 73 heavy (non-hydrogen) atoms. The number of benzene rings is 4. The molecule has 2 saturated heterocycles. The number of anilines is 8. The maximum Gasteiger partial charge on any atom is 0.247 e. The van der Waals surface area contributed by atoms with Gasteiger partial charge in [0.2, 0.25) is 35.5 Å². The number of aromatic nitrogens is 6. The van der Waals surface area contributed by atoms with E-state index in [0.29, 0.717) is 79.5 Å². The molecular formula is C53H56F2N14O4. The summed E-state index contributed by atoms with van der Waals surface area (Å²) in [6.45, 7) is 13.6. The summed E-state index contributed by atoms with van der Waals surface area (Å²) in [4.78, 5) is 55.9. The molecule has 0 spiro atoms. The van der Waals surface area contributed by atoms with Gasteiger partial charge in [-0.05, 0) is 99.0 Å². The number of likely N-dealkylation sites (N-methyl/N-ethyl adjacent to an activating group) is 2. The van der Waals surface area contributed by atoms with E-state index in [9.17, 15) is 18.4 Å². The van der Waals surface area contributed by atoms with Gasteiger partial charge in [0.05, 0.1) is 22.1 Å². The van der Waals surface area contributed by atoms with E-state index in [1.165, 1.54) is 24.3 Å². The number of amides is 2. The lowest BCUT2D eigenvalue weighted by atomic mass is 10.2. The third kappa shape index (κ3) is 12.5. The first-order valence-corrected chi connectivity index (χ1v) is 23.1. The standard InChI is InChI=1S/2C26H26FN7O2.CH4/c2*1-3-23(35)29-17-5-4-6-19(15-17)36-25-20-9-10-28-24(20)31-26(32-25)30-18-7-8-22(21(27)16-18)34-13-11-33(2)12-14-34;/h2*3-10,15-16H,1,11-14H2,2H3,(H,29,35)(H2,28,30,31,32);1H4. The number of H-pyrrole nitrogens is 2. The molecule has 2 aliphatic heterocycles. The van der Waals surface area contributed by atoms with Crippen LogP contribution in [0.15, 0.2) is 135 Å². The molecular weight excluding hydrogens is 935 g/mol. The highest BCUT2D eigenvalue weighted by molar-refractivity contribution is 5.99. The summed E-state index contributed by atoms with van der Waals surface area (Å²) in [5.41, 5.74) is 4.47. The van der Waals surface area contributed by atoms with Crippen molar-refractivity contribution in [1.82, 2.24) is 39.7 Å². The van der Waals surface area contributed by atoms with Gasteiger partial charge in [-0.25, -0.2) is 8.78 Å². The van der Waals surface area contributed by atoms with Crippen LogP contribution in [0.5, 0.6) is 23.3 Å². The fraction of sp³-hybridized carbons (Fsp3) is 0.208. The van der Waals surface area contributed by atoms with Gasteiger partial charge in [0.15, 0.2) is 0 Å². The molecule has 4 aromatic heterocycles. The number of nitrogens with one attached hydrogen (secondary N) is 6. The Morgan fingerprint density at radius 2 is 0.973 bits per heavy atom. The Bertz CT molecular complexity index is 3040. The number of ether oxygens (including phenoxy) is 2. The molecule has 4 aromatic carbocycles. The van der Waals surface area contributed by atoms with Crippen molar-refractivity contribution in [2.24, 2.45) is 0 Å². The molecule has 0 saturated carbocycles. The highest BCUT2D eigenvalue weighted by atomic mass is 19.1. The Hall–Kier alpha value is -8.88. The van der Waals surface area contributed by atoms with E-state index in [2.05, 4.69) is 98.0 Å². The van der Waals surface area contributed by atoms with Gasteiger partial charge in [0.1, 0.15) is 34.4 Å². The molecule has 0 radical (unpaired) electrons. The van der Waals surface area contributed by atoms with Crippen LogP contribution in [0.25, 0.3) is 22.1 Å². The Morgan fingerprint density at radius 3 is 1.36 bits per heavy atom. The third-order valence-electron chi connectivity index (χ3n) is 11.9. The van der Waals surface area contributed by atoms with Gasteiger partial charge in [0, 0.05) is 99.6 Å². The fourth-order valence-electron chi connectivity index (χ4n) is 8.01. The lowest BCUT2D eigenvalue weighted by molar-refractivity contribution is -0.112. The van der Waals surface area contributed by atoms with Crippen molar-refractivity contribution in [3.63, 3.8) is 0 Å².